The fourth-order valence-electron chi connectivity index (χ4n) is 2.82. The number of carboxylic acid groups (broad SMARTS) is 1. The first-order valence-electron chi connectivity index (χ1n) is 7.31. The maximum absolute atomic E-state index is 12.7. The number of nitrogen functional groups attached to an aromatic ring is 1. The van der Waals surface area contributed by atoms with E-state index in [0.717, 1.165) is 18.5 Å². The fourth-order valence-corrected chi connectivity index (χ4v) is 2.82. The van der Waals surface area contributed by atoms with Crippen LogP contribution in [0.1, 0.15) is 41.2 Å². The largest absolute Gasteiger partial charge is 0.478 e. The number of carbonyl (C=O) groups is 1. The molecule has 0 spiro atoms. The van der Waals surface area contributed by atoms with E-state index in [2.05, 4.69) is 9.97 Å². The van der Waals surface area contributed by atoms with Crippen LogP contribution in [0.3, 0.4) is 0 Å². The van der Waals surface area contributed by atoms with Gasteiger partial charge in [0.1, 0.15) is 11.4 Å². The highest BCUT2D eigenvalue weighted by Crippen LogP contribution is 2.36. The van der Waals surface area contributed by atoms with Gasteiger partial charge >= 0.3 is 5.97 Å². The molecule has 1 fully saturated rings. The van der Waals surface area contributed by atoms with Crippen LogP contribution in [0.4, 0.5) is 5.82 Å². The van der Waals surface area contributed by atoms with Crippen LogP contribution in [-0.2, 0) is 0 Å². The van der Waals surface area contributed by atoms with E-state index in [9.17, 15) is 9.59 Å². The maximum atomic E-state index is 12.7. The van der Waals surface area contributed by atoms with Gasteiger partial charge < -0.3 is 15.3 Å². The summed E-state index contributed by atoms with van der Waals surface area (Å²) in [7, 11) is 0. The SMILES string of the molecule is Nc1nc2oc3cnc(C4CCC4)cc3c(=O)c2cc1C(=O)O. The molecule has 0 aliphatic heterocycles. The minimum atomic E-state index is -1.23. The van der Waals surface area contributed by atoms with Crippen LogP contribution in [0, 0.1) is 0 Å². The van der Waals surface area contributed by atoms with Gasteiger partial charge in [-0.1, -0.05) is 6.42 Å². The van der Waals surface area contributed by atoms with E-state index in [1.54, 1.807) is 6.07 Å². The lowest BCUT2D eigenvalue weighted by molar-refractivity contribution is 0.0698. The number of hydrogen-bond donors (Lipinski definition) is 2. The molecule has 0 amide bonds. The molecule has 0 saturated heterocycles. The Morgan fingerprint density at radius 2 is 2.09 bits per heavy atom. The van der Waals surface area contributed by atoms with Crippen molar-refractivity contribution in [3.05, 3.63) is 39.8 Å². The number of aromatic carboxylic acids is 1. The van der Waals surface area contributed by atoms with E-state index in [1.165, 1.54) is 18.7 Å². The van der Waals surface area contributed by atoms with Gasteiger partial charge in [0, 0.05) is 11.6 Å². The quantitative estimate of drug-likeness (QED) is 0.697. The molecule has 7 nitrogen and oxygen atoms in total. The summed E-state index contributed by atoms with van der Waals surface area (Å²) >= 11 is 0. The third-order valence-electron chi connectivity index (χ3n) is 4.36. The van der Waals surface area contributed by atoms with E-state index in [1.807, 2.05) is 0 Å². The smallest absolute Gasteiger partial charge is 0.339 e. The molecule has 1 saturated carbocycles. The minimum Gasteiger partial charge on any atom is -0.478 e. The third-order valence-corrected chi connectivity index (χ3v) is 4.36. The van der Waals surface area contributed by atoms with Crippen molar-refractivity contribution in [1.82, 2.24) is 9.97 Å². The lowest BCUT2D eigenvalue weighted by atomic mass is 9.82. The average Bonchev–Trinajstić information content (AvgIpc) is 2.45. The molecule has 1 aliphatic carbocycles. The van der Waals surface area contributed by atoms with Crippen molar-refractivity contribution >= 4 is 33.9 Å². The normalized spacial score (nSPS) is 15.0. The summed E-state index contributed by atoms with van der Waals surface area (Å²) in [4.78, 5) is 32.1. The van der Waals surface area contributed by atoms with Crippen molar-refractivity contribution in [3.8, 4) is 0 Å². The van der Waals surface area contributed by atoms with Crippen molar-refractivity contribution in [2.24, 2.45) is 0 Å². The van der Waals surface area contributed by atoms with Crippen molar-refractivity contribution in [2.75, 3.05) is 5.73 Å². The molecule has 3 aromatic rings. The third kappa shape index (κ3) is 2.04. The predicted octanol–water partition coefficient (Wildman–Crippen LogP) is 2.28. The van der Waals surface area contributed by atoms with Crippen molar-refractivity contribution in [1.29, 1.82) is 0 Å². The van der Waals surface area contributed by atoms with Crippen LogP contribution in [-0.4, -0.2) is 21.0 Å². The lowest BCUT2D eigenvalue weighted by Gasteiger charge is -2.24. The van der Waals surface area contributed by atoms with Crippen LogP contribution in [0.25, 0.3) is 22.1 Å². The molecule has 23 heavy (non-hydrogen) atoms. The predicted molar refractivity (Wildman–Crippen MR) is 83.5 cm³/mol. The van der Waals surface area contributed by atoms with Gasteiger partial charge in [0.05, 0.1) is 17.0 Å². The van der Waals surface area contributed by atoms with Crippen molar-refractivity contribution in [3.63, 3.8) is 0 Å². The molecule has 0 unspecified atom stereocenters. The Kier molecular flexibility index (Phi) is 2.84. The van der Waals surface area contributed by atoms with Gasteiger partial charge in [-0.15, -0.1) is 0 Å². The van der Waals surface area contributed by atoms with Gasteiger partial charge in [0.15, 0.2) is 5.58 Å². The fraction of sp³-hybridized carbons (Fsp3) is 0.250. The molecule has 0 radical (unpaired) electrons. The van der Waals surface area contributed by atoms with Crippen LogP contribution in [0.5, 0.6) is 0 Å². The summed E-state index contributed by atoms with van der Waals surface area (Å²) in [5.74, 6) is -1.04. The summed E-state index contributed by atoms with van der Waals surface area (Å²) < 4.78 is 5.58. The molecule has 3 N–H and O–H groups in total. The van der Waals surface area contributed by atoms with Gasteiger partial charge in [0.25, 0.3) is 0 Å². The number of rotatable bonds is 2. The minimum absolute atomic E-state index is 0.0168. The molecule has 1 aliphatic rings. The number of fused-ring (bicyclic) bond motifs is 2. The van der Waals surface area contributed by atoms with Crippen LogP contribution in [0.2, 0.25) is 0 Å². The van der Waals surface area contributed by atoms with E-state index in [0.29, 0.717) is 16.9 Å². The number of pyridine rings is 2. The van der Waals surface area contributed by atoms with Gasteiger partial charge in [-0.2, -0.15) is 4.98 Å². The van der Waals surface area contributed by atoms with Gasteiger partial charge in [-0.05, 0) is 25.0 Å². The Hall–Kier alpha value is -2.96. The highest BCUT2D eigenvalue weighted by molar-refractivity contribution is 5.98. The molecule has 116 valence electrons. The highest BCUT2D eigenvalue weighted by Gasteiger charge is 2.22. The molecule has 3 aromatic heterocycles. The topological polar surface area (TPSA) is 119 Å². The Morgan fingerprint density at radius 3 is 2.74 bits per heavy atom. The Labute approximate surface area is 129 Å². The zero-order valence-electron chi connectivity index (χ0n) is 12.1. The van der Waals surface area contributed by atoms with E-state index < -0.39 is 5.97 Å². The molecule has 0 aromatic carbocycles. The first kappa shape index (κ1) is 13.7. The van der Waals surface area contributed by atoms with Crippen molar-refractivity contribution < 1.29 is 14.3 Å². The maximum Gasteiger partial charge on any atom is 0.339 e. The molecule has 4 rings (SSSR count). The van der Waals surface area contributed by atoms with Gasteiger partial charge in [0.2, 0.25) is 11.1 Å². The van der Waals surface area contributed by atoms with Crippen LogP contribution < -0.4 is 11.2 Å². The Bertz CT molecular complexity index is 1020. The van der Waals surface area contributed by atoms with Crippen LogP contribution >= 0.6 is 0 Å². The number of aromatic nitrogens is 2. The first-order valence-corrected chi connectivity index (χ1v) is 7.31. The standard InChI is InChI=1S/C16H13N3O4/c17-14-10(16(21)22)4-9-13(20)8-5-11(7-2-1-3-7)18-6-12(8)23-15(9)19-14/h4-7H,1-3H2,(H2,17,19)(H,21,22). The van der Waals surface area contributed by atoms with Crippen molar-refractivity contribution in [2.45, 2.75) is 25.2 Å². The molecule has 0 bridgehead atoms. The number of nitrogens with two attached hydrogens (primary N) is 1. The molecule has 0 atom stereocenters. The van der Waals surface area contributed by atoms with Gasteiger partial charge in [-0.25, -0.2) is 4.79 Å². The molecular weight excluding hydrogens is 298 g/mol. The summed E-state index contributed by atoms with van der Waals surface area (Å²) in [5, 5.41) is 9.62. The summed E-state index contributed by atoms with van der Waals surface area (Å²) in [6.45, 7) is 0. The summed E-state index contributed by atoms with van der Waals surface area (Å²) in [6, 6.07) is 2.95. The monoisotopic (exact) mass is 311 g/mol. The number of nitrogens with zero attached hydrogens (tertiary/aromatic N) is 2. The zero-order valence-corrected chi connectivity index (χ0v) is 12.1. The second-order valence-electron chi connectivity index (χ2n) is 5.74. The number of carboxylic acids is 1. The van der Waals surface area contributed by atoms with E-state index >= 15 is 0 Å². The highest BCUT2D eigenvalue weighted by atomic mass is 16.4. The average molecular weight is 311 g/mol. The van der Waals surface area contributed by atoms with Gasteiger partial charge in [-0.3, -0.25) is 9.78 Å². The Morgan fingerprint density at radius 1 is 1.30 bits per heavy atom. The number of anilines is 1. The molecule has 3 heterocycles. The zero-order chi connectivity index (χ0) is 16.1. The second kappa shape index (κ2) is 4.77. The van der Waals surface area contributed by atoms with Crippen LogP contribution in [0.15, 0.2) is 27.5 Å². The molecular formula is C16H13N3O4. The first-order chi connectivity index (χ1) is 11.0. The summed E-state index contributed by atoms with van der Waals surface area (Å²) in [6.07, 6.45) is 4.83. The second-order valence-corrected chi connectivity index (χ2v) is 5.74. The number of hydrogen-bond acceptors (Lipinski definition) is 6. The Balaban J connectivity index is 2.02. The van der Waals surface area contributed by atoms with E-state index in [-0.39, 0.29) is 27.9 Å². The molecule has 7 heteroatoms. The lowest BCUT2D eigenvalue weighted by Crippen LogP contribution is -2.13. The summed E-state index contributed by atoms with van der Waals surface area (Å²) in [5.41, 5.74) is 6.28. The van der Waals surface area contributed by atoms with E-state index in [4.69, 9.17) is 15.3 Å².